The van der Waals surface area contributed by atoms with Gasteiger partial charge in [-0.15, -0.1) is 10.2 Å². The van der Waals surface area contributed by atoms with Crippen LogP contribution < -0.4 is 10.1 Å². The summed E-state index contributed by atoms with van der Waals surface area (Å²) in [5.74, 6) is 2.02. The summed E-state index contributed by atoms with van der Waals surface area (Å²) >= 11 is 2.53. The number of thioether (sulfide) groups is 2. The van der Waals surface area contributed by atoms with E-state index in [1.807, 2.05) is 78.9 Å². The molecule has 4 N–H and O–H groups in total. The van der Waals surface area contributed by atoms with Gasteiger partial charge in [-0.3, -0.25) is 29.4 Å². The first-order chi connectivity index (χ1) is 31.4. The number of hydrogen-bond acceptors (Lipinski definition) is 12. The minimum Gasteiger partial charge on any atom is -0.507 e. The van der Waals surface area contributed by atoms with E-state index < -0.39 is 5.92 Å². The Morgan fingerprint density at radius 2 is 1.27 bits per heavy atom. The predicted molar refractivity (Wildman–Crippen MR) is 262 cm³/mol. The number of likely N-dealkylation sites (tertiary alicyclic amines) is 1. The minimum absolute atomic E-state index is 0. The van der Waals surface area contributed by atoms with E-state index in [-0.39, 0.29) is 43.0 Å². The van der Waals surface area contributed by atoms with Gasteiger partial charge >= 0.3 is 0 Å². The number of methoxy groups -OCH3 is 1. The quantitative estimate of drug-likeness (QED) is 0.0801. The Morgan fingerprint density at radius 1 is 0.712 bits per heavy atom. The zero-order chi connectivity index (χ0) is 45.6. The molecule has 3 heterocycles. The highest BCUT2D eigenvalue weighted by Crippen LogP contribution is 2.35. The summed E-state index contributed by atoms with van der Waals surface area (Å²) in [7, 11) is 3.36. The lowest BCUT2D eigenvalue weighted by Gasteiger charge is -2.14. The van der Waals surface area contributed by atoms with E-state index in [0.29, 0.717) is 51.3 Å². The number of anilines is 1. The van der Waals surface area contributed by atoms with Gasteiger partial charge in [0.2, 0.25) is 22.1 Å². The van der Waals surface area contributed by atoms with Crippen molar-refractivity contribution in [2.45, 2.75) is 38.0 Å². The molecule has 2 aromatic heterocycles. The fourth-order valence-corrected chi connectivity index (χ4v) is 8.49. The maximum atomic E-state index is 13.0. The maximum absolute atomic E-state index is 13.0. The number of ketones is 2. The fourth-order valence-electron chi connectivity index (χ4n) is 7.30. The van der Waals surface area contributed by atoms with Crippen LogP contribution in [0.25, 0.3) is 66.6 Å². The third kappa shape index (κ3) is 11.1. The molecule has 0 bridgehead atoms. The molecule has 0 saturated carbocycles. The highest BCUT2D eigenvalue weighted by Gasteiger charge is 2.32. The van der Waals surface area contributed by atoms with Gasteiger partial charge in [0.15, 0.2) is 11.6 Å². The Kier molecular flexibility index (Phi) is 14.6. The molecule has 1 unspecified atom stereocenters. The number of aromatic hydroxyl groups is 1. The Morgan fingerprint density at radius 3 is 1.94 bits per heavy atom. The Hall–Kier alpha value is -7.30. The second-order valence-electron chi connectivity index (χ2n) is 15.6. The van der Waals surface area contributed by atoms with Crippen LogP contribution in [0.15, 0.2) is 126 Å². The number of nitrogens with zero attached hydrogens (tertiary/aromatic N) is 5. The van der Waals surface area contributed by atoms with Crippen LogP contribution in [0.3, 0.4) is 0 Å². The molecule has 0 radical (unpaired) electrons. The van der Waals surface area contributed by atoms with Crippen molar-refractivity contribution in [2.75, 3.05) is 37.5 Å². The highest BCUT2D eigenvalue weighted by atomic mass is 32.2. The van der Waals surface area contributed by atoms with Crippen LogP contribution in [-0.2, 0) is 19.2 Å². The van der Waals surface area contributed by atoms with Crippen LogP contribution in [0, 0.1) is 5.92 Å². The summed E-state index contributed by atoms with van der Waals surface area (Å²) in [5, 5.41) is 32.8. The van der Waals surface area contributed by atoms with Gasteiger partial charge in [-0.25, -0.2) is 9.97 Å². The van der Waals surface area contributed by atoms with E-state index >= 15 is 0 Å². The van der Waals surface area contributed by atoms with Gasteiger partial charge in [0, 0.05) is 31.3 Å². The molecule has 6 aromatic carbocycles. The number of rotatable bonds is 13. The monoisotopic (exact) mass is 920 g/mol. The van der Waals surface area contributed by atoms with Crippen LogP contribution in [-0.4, -0.2) is 96.0 Å². The van der Waals surface area contributed by atoms with E-state index in [1.165, 1.54) is 37.4 Å². The Labute approximate surface area is 390 Å². The smallest absolute Gasteiger partial charge is 0.229 e. The molecule has 66 heavy (non-hydrogen) atoms. The average molecular weight is 921 g/mol. The maximum Gasteiger partial charge on any atom is 0.229 e. The molecule has 1 fully saturated rings. The molecule has 1 saturated heterocycles. The van der Waals surface area contributed by atoms with E-state index in [4.69, 9.17) is 4.74 Å². The number of aromatic amines is 2. The number of phenolic OH excluding ortho intramolecular Hbond substituents is 1. The molecule has 9 rings (SSSR count). The number of fused-ring (bicyclic) bond motifs is 2. The summed E-state index contributed by atoms with van der Waals surface area (Å²) in [4.78, 5) is 57.9. The van der Waals surface area contributed by atoms with Crippen LogP contribution in [0.2, 0.25) is 0 Å². The lowest BCUT2D eigenvalue weighted by Crippen LogP contribution is -2.25. The molecular weight excluding hydrogens is 873 g/mol. The number of benzene rings is 6. The van der Waals surface area contributed by atoms with Crippen molar-refractivity contribution in [1.29, 1.82) is 0 Å². The highest BCUT2D eigenvalue weighted by molar-refractivity contribution is 8.00. The van der Waals surface area contributed by atoms with E-state index in [1.54, 1.807) is 25.1 Å². The van der Waals surface area contributed by atoms with E-state index in [2.05, 4.69) is 66.0 Å². The van der Waals surface area contributed by atoms with Crippen molar-refractivity contribution in [3.8, 4) is 56.5 Å². The van der Waals surface area contributed by atoms with Gasteiger partial charge in [-0.1, -0.05) is 91.6 Å². The lowest BCUT2D eigenvalue weighted by molar-refractivity contribution is -0.127. The number of amides is 2. The van der Waals surface area contributed by atoms with Crippen LogP contribution >= 0.6 is 23.5 Å². The topological polar surface area (TPSA) is 196 Å². The molecule has 336 valence electrons. The SMILES string of the molecule is C.CC(=O)CSc1n[nH]c(-c2cc(NC(=O)C3CC(=O)N(C)C3)cc(-c3ccc4ccccc4c3)c2)n1.COc1ccc2cc(-c3ccc(O)c(-c4nc(SCC(C)=O)n[nH]4)c3)ccc2c1. The first kappa shape index (κ1) is 46.7. The molecule has 2 amide bonds. The molecular formula is C50H48N8O6S2. The fraction of sp³-hybridized carbons (Fsp3) is 0.200. The van der Waals surface area contributed by atoms with Gasteiger partial charge < -0.3 is 20.1 Å². The van der Waals surface area contributed by atoms with Crippen molar-refractivity contribution < 1.29 is 29.0 Å². The summed E-state index contributed by atoms with van der Waals surface area (Å²) in [6.07, 6.45) is 0.207. The lowest BCUT2D eigenvalue weighted by atomic mass is 9.98. The van der Waals surface area contributed by atoms with Crippen molar-refractivity contribution in [2.24, 2.45) is 5.92 Å². The van der Waals surface area contributed by atoms with E-state index in [9.17, 15) is 24.3 Å². The van der Waals surface area contributed by atoms with Crippen molar-refractivity contribution in [1.82, 2.24) is 35.3 Å². The van der Waals surface area contributed by atoms with Crippen LogP contribution in [0.4, 0.5) is 5.69 Å². The summed E-state index contributed by atoms with van der Waals surface area (Å²) in [6.45, 7) is 3.45. The molecule has 0 aliphatic carbocycles. The molecule has 0 spiro atoms. The van der Waals surface area contributed by atoms with Gasteiger partial charge in [0.05, 0.1) is 30.1 Å². The zero-order valence-corrected chi connectivity index (χ0v) is 37.5. The molecule has 16 heteroatoms. The van der Waals surface area contributed by atoms with Crippen molar-refractivity contribution in [3.63, 3.8) is 0 Å². The second kappa shape index (κ2) is 20.7. The summed E-state index contributed by atoms with van der Waals surface area (Å²) in [6, 6.07) is 37.6. The number of H-pyrrole nitrogens is 2. The molecule has 8 aromatic rings. The third-order valence-corrected chi connectivity index (χ3v) is 12.6. The molecule has 1 atom stereocenters. The van der Waals surface area contributed by atoms with Crippen LogP contribution in [0.1, 0.15) is 27.7 Å². The molecule has 1 aliphatic heterocycles. The minimum atomic E-state index is -0.393. The predicted octanol–water partition coefficient (Wildman–Crippen LogP) is 9.71. The standard InChI is InChI=1S/C27H25N5O3S.C22H19N3O3S.CH4/c1-16(33)15-36-27-29-25(30-31-27)21-10-20(19-8-7-17-5-3-4-6-18(17)9-19)11-23(12-21)28-26(35)22-13-24(34)32(2)14-22;1-13(26)12-29-22-23-21(24-25-22)19-11-17(6-8-20(19)27)14-3-4-16-10-18(28-2)7-5-15(16)9-14;/h3-12,22H,13-15H2,1-2H3,(H,28,35)(H,29,30,31);3-11,27H,12H2,1-2H3,(H,23,24,25);1H4. The third-order valence-electron chi connectivity index (χ3n) is 10.6. The van der Waals surface area contributed by atoms with Gasteiger partial charge in [0.1, 0.15) is 23.1 Å². The normalized spacial score (nSPS) is 13.2. The first-order valence-electron chi connectivity index (χ1n) is 20.6. The number of carbonyl (C=O) groups is 4. The average Bonchev–Trinajstić information content (AvgIpc) is 4.08. The van der Waals surface area contributed by atoms with Crippen molar-refractivity contribution in [3.05, 3.63) is 115 Å². The first-order valence-corrected chi connectivity index (χ1v) is 22.6. The van der Waals surface area contributed by atoms with Gasteiger partial charge in [0.25, 0.3) is 0 Å². The zero-order valence-electron chi connectivity index (χ0n) is 35.9. The number of carbonyl (C=O) groups excluding carboxylic acids is 4. The number of hydrogen-bond donors (Lipinski definition) is 4. The number of ether oxygens (including phenoxy) is 1. The Bertz CT molecular complexity index is 3090. The number of nitrogens with one attached hydrogen (secondary N) is 3. The number of Topliss-reactive ketones (excluding diaryl/α,β-unsaturated/α-hetero) is 2. The molecule has 14 nitrogen and oxygen atoms in total. The van der Waals surface area contributed by atoms with Crippen molar-refractivity contribution >= 4 is 74.1 Å². The molecule has 1 aliphatic rings. The second-order valence-corrected chi connectivity index (χ2v) is 17.5. The summed E-state index contributed by atoms with van der Waals surface area (Å²) in [5.41, 5.74) is 5.78. The Balaban J connectivity index is 0.000000198. The number of aromatic nitrogens is 6. The number of phenols is 1. The largest absolute Gasteiger partial charge is 0.507 e. The van der Waals surface area contributed by atoms with Crippen LogP contribution in [0.5, 0.6) is 11.5 Å². The van der Waals surface area contributed by atoms with Gasteiger partial charge in [-0.05, 0) is 112 Å². The van der Waals surface area contributed by atoms with E-state index in [0.717, 1.165) is 55.1 Å². The summed E-state index contributed by atoms with van der Waals surface area (Å²) < 4.78 is 5.28. The van der Waals surface area contributed by atoms with Gasteiger partial charge in [-0.2, -0.15) is 0 Å².